The maximum Gasteiger partial charge on any atom is 0.334 e. The number of methoxy groups -OCH3 is 2. The van der Waals surface area contributed by atoms with Gasteiger partial charge in [-0.15, -0.1) is 0 Å². The molecule has 0 unspecified atom stereocenters. The Balaban J connectivity index is 1.89. The van der Waals surface area contributed by atoms with Gasteiger partial charge in [-0.05, 0) is 5.56 Å². The Morgan fingerprint density at radius 2 is 1.70 bits per heavy atom. The van der Waals surface area contributed by atoms with Crippen molar-refractivity contribution in [3.05, 3.63) is 47.5 Å². The summed E-state index contributed by atoms with van der Waals surface area (Å²) < 4.78 is 23.8. The summed E-state index contributed by atoms with van der Waals surface area (Å²) in [4.78, 5) is 41.6. The maximum absolute atomic E-state index is 13.9. The highest BCUT2D eigenvalue weighted by atomic mass is 16.7. The number of ether oxygens (including phenoxy) is 4. The predicted molar refractivity (Wildman–Crippen MR) is 116 cm³/mol. The van der Waals surface area contributed by atoms with E-state index in [0.717, 1.165) is 5.56 Å². The first-order valence-electron chi connectivity index (χ1n) is 11.1. The van der Waals surface area contributed by atoms with Gasteiger partial charge in [-0.3, -0.25) is 9.59 Å². The van der Waals surface area contributed by atoms with Crippen LogP contribution in [0.2, 0.25) is 0 Å². The van der Waals surface area contributed by atoms with Gasteiger partial charge in [0.25, 0.3) is 0 Å². The van der Waals surface area contributed by atoms with Crippen molar-refractivity contribution in [2.45, 2.75) is 37.5 Å². The molecule has 33 heavy (non-hydrogen) atoms. The Hall–Kier alpha value is -2.71. The quantitative estimate of drug-likeness (QED) is 0.642. The van der Waals surface area contributed by atoms with Crippen LogP contribution in [-0.4, -0.2) is 69.1 Å². The van der Waals surface area contributed by atoms with Crippen LogP contribution in [0.15, 0.2) is 42.0 Å². The summed E-state index contributed by atoms with van der Waals surface area (Å²) in [6.07, 6.45) is 1.95. The molecule has 4 atom stereocenters. The number of hydrogen-bond donors (Lipinski definition) is 0. The molecule has 8 nitrogen and oxygen atoms in total. The number of carbonyl (C=O) groups excluding carboxylic acids is 3. The average molecular weight is 456 g/mol. The molecule has 1 amide bonds. The Morgan fingerprint density at radius 3 is 2.27 bits per heavy atom. The molecule has 0 aromatic heterocycles. The number of amides is 1. The molecule has 1 aromatic carbocycles. The fraction of sp³-hybridized carbons (Fsp3) is 0.560. The van der Waals surface area contributed by atoms with Gasteiger partial charge in [0, 0.05) is 24.8 Å². The number of nitrogens with zero attached hydrogens (tertiary/aromatic N) is 1. The van der Waals surface area contributed by atoms with Gasteiger partial charge in [0.05, 0.1) is 44.5 Å². The highest BCUT2D eigenvalue weighted by molar-refractivity contribution is 6.04. The lowest BCUT2D eigenvalue weighted by atomic mass is 9.68. The average Bonchev–Trinajstić information content (AvgIpc) is 3.34. The lowest BCUT2D eigenvalue weighted by molar-refractivity contribution is -0.344. The van der Waals surface area contributed by atoms with E-state index >= 15 is 0 Å². The Bertz CT molecular complexity index is 1050. The monoisotopic (exact) mass is 455 g/mol. The standard InChI is InChI=1S/C25H29NO7/c1-22(2)13-32-25(33-14-22)23(15-9-7-6-8-10-15)12-17(20(28)30-4)24(25,21(29)31-5)19-16(23)11-18(27)26(19)3/h6-10,12,16,19H,11,13-14H2,1-5H3/t16-,19+,23+,24+/m1/s1. The fourth-order valence-electron chi connectivity index (χ4n) is 6.72. The molecule has 1 aromatic rings. The third-order valence-electron chi connectivity index (χ3n) is 7.97. The molecule has 2 aliphatic heterocycles. The smallest absolute Gasteiger partial charge is 0.334 e. The summed E-state index contributed by atoms with van der Waals surface area (Å²) in [6, 6.07) is 8.84. The number of esters is 2. The van der Waals surface area contributed by atoms with Gasteiger partial charge in [0.1, 0.15) is 0 Å². The first-order chi connectivity index (χ1) is 15.6. The first-order valence-corrected chi connectivity index (χ1v) is 11.1. The van der Waals surface area contributed by atoms with E-state index in [0.29, 0.717) is 13.2 Å². The molecule has 3 fully saturated rings. The SMILES string of the molecule is COC(=O)C1=C[C@]2(c3ccccc3)[C@@H]3CC(=O)N(C)[C@@H]3[C@@]1(C(=O)OC)C21OCC(C)(C)CO1. The molecule has 0 radical (unpaired) electrons. The zero-order valence-corrected chi connectivity index (χ0v) is 19.5. The predicted octanol–water partition coefficient (Wildman–Crippen LogP) is 1.83. The van der Waals surface area contributed by atoms with Crippen LogP contribution in [0.25, 0.3) is 0 Å². The van der Waals surface area contributed by atoms with E-state index in [1.165, 1.54) is 14.2 Å². The second-order valence-electron chi connectivity index (χ2n) is 10.2. The minimum atomic E-state index is -1.70. The maximum atomic E-state index is 13.9. The van der Waals surface area contributed by atoms with Crippen molar-refractivity contribution in [1.29, 1.82) is 0 Å². The number of carbonyl (C=O) groups is 3. The molecule has 2 heterocycles. The van der Waals surface area contributed by atoms with E-state index in [2.05, 4.69) is 0 Å². The van der Waals surface area contributed by atoms with Crippen molar-refractivity contribution in [2.24, 2.45) is 16.7 Å². The Morgan fingerprint density at radius 1 is 1.06 bits per heavy atom. The Kier molecular flexibility index (Phi) is 4.62. The molecule has 2 aliphatic carbocycles. The van der Waals surface area contributed by atoms with Crippen LogP contribution < -0.4 is 0 Å². The topological polar surface area (TPSA) is 91.4 Å². The number of fused-ring (bicyclic) bond motifs is 3. The molecular formula is C25H29NO7. The van der Waals surface area contributed by atoms with Crippen LogP contribution in [-0.2, 0) is 38.7 Å². The molecular weight excluding hydrogens is 426 g/mol. The fourth-order valence-corrected chi connectivity index (χ4v) is 6.72. The molecule has 1 saturated carbocycles. The molecule has 1 spiro atoms. The first kappa shape index (κ1) is 22.1. The number of benzene rings is 1. The van der Waals surface area contributed by atoms with Crippen LogP contribution in [0.3, 0.4) is 0 Å². The molecule has 4 aliphatic rings. The molecule has 2 saturated heterocycles. The van der Waals surface area contributed by atoms with E-state index in [1.807, 2.05) is 44.2 Å². The van der Waals surface area contributed by atoms with Crippen LogP contribution in [0.5, 0.6) is 0 Å². The van der Waals surface area contributed by atoms with Gasteiger partial charge in [-0.2, -0.15) is 0 Å². The van der Waals surface area contributed by atoms with Crippen molar-refractivity contribution in [1.82, 2.24) is 4.90 Å². The highest BCUT2D eigenvalue weighted by Gasteiger charge is 2.89. The van der Waals surface area contributed by atoms with Crippen LogP contribution >= 0.6 is 0 Å². The van der Waals surface area contributed by atoms with E-state index in [-0.39, 0.29) is 29.2 Å². The number of rotatable bonds is 3. The highest BCUT2D eigenvalue weighted by Crippen LogP contribution is 2.75. The molecule has 5 rings (SSSR count). The van der Waals surface area contributed by atoms with Gasteiger partial charge in [0.15, 0.2) is 5.41 Å². The van der Waals surface area contributed by atoms with Gasteiger partial charge in [-0.25, -0.2) is 4.79 Å². The Labute approximate surface area is 192 Å². The number of hydrogen-bond acceptors (Lipinski definition) is 7. The molecule has 176 valence electrons. The summed E-state index contributed by atoms with van der Waals surface area (Å²) in [6.45, 7) is 4.64. The zero-order valence-electron chi connectivity index (χ0n) is 19.5. The minimum absolute atomic E-state index is 0.107. The van der Waals surface area contributed by atoms with Crippen molar-refractivity contribution >= 4 is 17.8 Å². The summed E-state index contributed by atoms with van der Waals surface area (Å²) in [5, 5.41) is 0. The number of likely N-dealkylation sites (tertiary alicyclic amines) is 1. The summed E-state index contributed by atoms with van der Waals surface area (Å²) >= 11 is 0. The van der Waals surface area contributed by atoms with Gasteiger partial charge < -0.3 is 23.8 Å². The van der Waals surface area contributed by atoms with E-state index in [9.17, 15) is 14.4 Å². The normalized spacial score (nSPS) is 35.4. The second-order valence-corrected chi connectivity index (χ2v) is 10.2. The lowest BCUT2D eigenvalue weighted by Crippen LogP contribution is -2.67. The summed E-state index contributed by atoms with van der Waals surface area (Å²) in [7, 11) is 4.21. The molecule has 0 N–H and O–H groups in total. The zero-order chi connectivity index (χ0) is 23.8. The molecule has 8 heteroatoms. The van der Waals surface area contributed by atoms with Crippen molar-refractivity contribution in [2.75, 3.05) is 34.5 Å². The van der Waals surface area contributed by atoms with Gasteiger partial charge in [0.2, 0.25) is 11.7 Å². The van der Waals surface area contributed by atoms with Crippen LogP contribution in [0.1, 0.15) is 25.8 Å². The van der Waals surface area contributed by atoms with E-state index in [4.69, 9.17) is 18.9 Å². The largest absolute Gasteiger partial charge is 0.468 e. The van der Waals surface area contributed by atoms with E-state index in [1.54, 1.807) is 18.0 Å². The summed E-state index contributed by atoms with van der Waals surface area (Å²) in [5.74, 6) is -3.39. The minimum Gasteiger partial charge on any atom is -0.468 e. The third-order valence-corrected chi connectivity index (χ3v) is 7.97. The van der Waals surface area contributed by atoms with Gasteiger partial charge in [-0.1, -0.05) is 50.3 Å². The van der Waals surface area contributed by atoms with Crippen LogP contribution in [0, 0.1) is 16.7 Å². The van der Waals surface area contributed by atoms with Gasteiger partial charge >= 0.3 is 11.9 Å². The van der Waals surface area contributed by atoms with E-state index < -0.39 is 34.6 Å². The molecule has 2 bridgehead atoms. The summed E-state index contributed by atoms with van der Waals surface area (Å²) in [5.41, 5.74) is -2.15. The third kappa shape index (κ3) is 2.35. The second kappa shape index (κ2) is 6.90. The van der Waals surface area contributed by atoms with Crippen molar-refractivity contribution in [3.63, 3.8) is 0 Å². The lowest BCUT2D eigenvalue weighted by Gasteiger charge is -2.53. The van der Waals surface area contributed by atoms with Crippen LogP contribution in [0.4, 0.5) is 0 Å². The van der Waals surface area contributed by atoms with Crippen molar-refractivity contribution in [3.8, 4) is 0 Å². The van der Waals surface area contributed by atoms with Crippen molar-refractivity contribution < 1.29 is 33.3 Å².